The Balaban J connectivity index is 1.25. The van der Waals surface area contributed by atoms with E-state index in [1.807, 2.05) is 72.0 Å². The van der Waals surface area contributed by atoms with Crippen LogP contribution in [-0.2, 0) is 0 Å². The molecule has 10 rings (SSSR count). The first-order valence-electron chi connectivity index (χ1n) is 16.7. The Morgan fingerprint density at radius 3 is 1.62 bits per heavy atom. The molecular formula is C45H28N4S. The Morgan fingerprint density at radius 1 is 0.360 bits per heavy atom. The minimum Gasteiger partial charge on any atom is -0.309 e. The van der Waals surface area contributed by atoms with E-state index in [9.17, 15) is 0 Å². The second-order valence-corrected chi connectivity index (χ2v) is 13.5. The number of hydrogen-bond acceptors (Lipinski definition) is 4. The van der Waals surface area contributed by atoms with Crippen molar-refractivity contribution in [3.63, 3.8) is 0 Å². The molecule has 0 aliphatic heterocycles. The molecule has 0 unspecified atom stereocenters. The van der Waals surface area contributed by atoms with Gasteiger partial charge in [-0.05, 0) is 58.3 Å². The summed E-state index contributed by atoms with van der Waals surface area (Å²) in [6.45, 7) is 0. The van der Waals surface area contributed by atoms with Crippen molar-refractivity contribution in [2.45, 2.75) is 0 Å². The summed E-state index contributed by atoms with van der Waals surface area (Å²) >= 11 is 1.86. The summed E-state index contributed by atoms with van der Waals surface area (Å²) < 4.78 is 4.95. The summed E-state index contributed by atoms with van der Waals surface area (Å²) in [5.41, 5.74) is 8.62. The van der Waals surface area contributed by atoms with Gasteiger partial charge in [0.2, 0.25) is 0 Å². The van der Waals surface area contributed by atoms with Gasteiger partial charge in [0.25, 0.3) is 0 Å². The Bertz CT molecular complexity index is 2800. The second-order valence-electron chi connectivity index (χ2n) is 12.5. The van der Waals surface area contributed by atoms with Gasteiger partial charge in [0, 0.05) is 42.6 Å². The van der Waals surface area contributed by atoms with E-state index in [0.29, 0.717) is 17.5 Å². The van der Waals surface area contributed by atoms with Crippen LogP contribution in [0.2, 0.25) is 0 Å². The molecular weight excluding hydrogens is 629 g/mol. The van der Waals surface area contributed by atoms with E-state index in [1.165, 1.54) is 53.1 Å². The fourth-order valence-corrected chi connectivity index (χ4v) is 8.31. The monoisotopic (exact) mass is 656 g/mol. The fourth-order valence-electron chi connectivity index (χ4n) is 7.15. The lowest BCUT2D eigenvalue weighted by Crippen LogP contribution is -2.01. The van der Waals surface area contributed by atoms with Crippen molar-refractivity contribution in [1.82, 2.24) is 19.5 Å². The largest absolute Gasteiger partial charge is 0.309 e. The van der Waals surface area contributed by atoms with Gasteiger partial charge in [-0.1, -0.05) is 133 Å². The molecule has 0 saturated carbocycles. The average molecular weight is 657 g/mol. The van der Waals surface area contributed by atoms with E-state index < -0.39 is 0 Å². The van der Waals surface area contributed by atoms with E-state index in [-0.39, 0.29) is 0 Å². The maximum Gasteiger partial charge on any atom is 0.164 e. The predicted molar refractivity (Wildman–Crippen MR) is 209 cm³/mol. The van der Waals surface area contributed by atoms with E-state index in [4.69, 9.17) is 15.0 Å². The first kappa shape index (κ1) is 28.6. The fraction of sp³-hybridized carbons (Fsp3) is 0. The lowest BCUT2D eigenvalue weighted by Gasteiger charge is -2.12. The number of fused-ring (bicyclic) bond motifs is 2. The molecule has 0 aliphatic rings. The highest BCUT2D eigenvalue weighted by Crippen LogP contribution is 2.44. The van der Waals surface area contributed by atoms with Gasteiger partial charge in [-0.3, -0.25) is 0 Å². The van der Waals surface area contributed by atoms with Crippen molar-refractivity contribution in [3.8, 4) is 51.0 Å². The van der Waals surface area contributed by atoms with Gasteiger partial charge in [0.1, 0.15) is 0 Å². The summed E-state index contributed by atoms with van der Waals surface area (Å²) in [7, 11) is 0. The molecule has 0 bridgehead atoms. The van der Waals surface area contributed by atoms with Crippen molar-refractivity contribution < 1.29 is 0 Å². The molecule has 3 heterocycles. The Labute approximate surface area is 292 Å². The number of hydrogen-bond donors (Lipinski definition) is 0. The molecule has 0 aliphatic carbocycles. The van der Waals surface area contributed by atoms with E-state index in [1.54, 1.807) is 0 Å². The highest BCUT2D eigenvalue weighted by atomic mass is 32.1. The molecule has 0 atom stereocenters. The van der Waals surface area contributed by atoms with Crippen LogP contribution in [0, 0.1) is 0 Å². The molecule has 234 valence electrons. The third-order valence-electron chi connectivity index (χ3n) is 9.42. The molecule has 10 aromatic rings. The van der Waals surface area contributed by atoms with Gasteiger partial charge in [0.15, 0.2) is 17.5 Å². The van der Waals surface area contributed by atoms with Crippen LogP contribution in [0.15, 0.2) is 170 Å². The highest BCUT2D eigenvalue weighted by Gasteiger charge is 2.20. The number of aromatic nitrogens is 4. The van der Waals surface area contributed by atoms with E-state index in [0.717, 1.165) is 22.4 Å². The zero-order valence-electron chi connectivity index (χ0n) is 26.9. The molecule has 4 nitrogen and oxygen atoms in total. The van der Waals surface area contributed by atoms with Gasteiger partial charge >= 0.3 is 0 Å². The molecule has 0 saturated heterocycles. The SMILES string of the molecule is c1ccc(-c2cc3sc4ccccc4c4cccc5c4c3c(c2)n5-c2cccc(-c3nc(-c4ccccc4)nc(-c4ccccc4)n3)c2)cc1. The summed E-state index contributed by atoms with van der Waals surface area (Å²) in [5.74, 6) is 1.94. The van der Waals surface area contributed by atoms with Crippen molar-refractivity contribution >= 4 is 53.3 Å². The lowest BCUT2D eigenvalue weighted by molar-refractivity contribution is 1.07. The Hall–Kier alpha value is -6.43. The highest BCUT2D eigenvalue weighted by molar-refractivity contribution is 7.24. The summed E-state index contributed by atoms with van der Waals surface area (Å²) in [5, 5.41) is 5.08. The van der Waals surface area contributed by atoms with Gasteiger partial charge in [0.05, 0.1) is 11.0 Å². The van der Waals surface area contributed by atoms with Crippen LogP contribution in [0.3, 0.4) is 0 Å². The van der Waals surface area contributed by atoms with Crippen LogP contribution in [0.25, 0.3) is 93.0 Å². The third-order valence-corrected chi connectivity index (χ3v) is 10.5. The number of benzene rings is 7. The molecule has 0 spiro atoms. The van der Waals surface area contributed by atoms with Crippen LogP contribution >= 0.6 is 11.3 Å². The van der Waals surface area contributed by atoms with E-state index >= 15 is 0 Å². The third kappa shape index (κ3) is 4.71. The molecule has 0 radical (unpaired) electrons. The smallest absolute Gasteiger partial charge is 0.164 e. The van der Waals surface area contributed by atoms with Crippen molar-refractivity contribution in [2.75, 3.05) is 0 Å². The molecule has 3 aromatic heterocycles. The van der Waals surface area contributed by atoms with Gasteiger partial charge in [-0.25, -0.2) is 15.0 Å². The predicted octanol–water partition coefficient (Wildman–Crippen LogP) is 12.0. The van der Waals surface area contributed by atoms with Crippen LogP contribution < -0.4 is 0 Å². The Morgan fingerprint density at radius 2 is 0.920 bits per heavy atom. The zero-order chi connectivity index (χ0) is 33.0. The van der Waals surface area contributed by atoms with Crippen molar-refractivity contribution in [3.05, 3.63) is 170 Å². The molecule has 0 amide bonds. The second kappa shape index (κ2) is 11.6. The maximum atomic E-state index is 5.04. The van der Waals surface area contributed by atoms with Crippen LogP contribution in [-0.4, -0.2) is 19.5 Å². The first-order valence-corrected chi connectivity index (χ1v) is 17.5. The van der Waals surface area contributed by atoms with Gasteiger partial charge < -0.3 is 4.57 Å². The average Bonchev–Trinajstić information content (AvgIpc) is 3.46. The topological polar surface area (TPSA) is 43.6 Å². The van der Waals surface area contributed by atoms with Crippen LogP contribution in [0.4, 0.5) is 0 Å². The lowest BCUT2D eigenvalue weighted by atomic mass is 10.0. The quantitative estimate of drug-likeness (QED) is 0.185. The normalized spacial score (nSPS) is 11.6. The standard InChI is InChI=1S/C45H28N4S/c1-4-14-29(15-5-1)33-27-38-42-40(28-33)50-39-25-11-10-22-35(39)36-23-13-24-37(41(36)42)49(38)34-21-12-20-32(26-34)45-47-43(30-16-6-2-7-17-30)46-44(48-45)31-18-8-3-9-19-31/h1-28H. The van der Waals surface area contributed by atoms with Gasteiger partial charge in [-0.15, -0.1) is 11.3 Å². The van der Waals surface area contributed by atoms with Crippen LogP contribution in [0.1, 0.15) is 0 Å². The molecule has 5 heteroatoms. The van der Waals surface area contributed by atoms with Crippen molar-refractivity contribution in [2.24, 2.45) is 0 Å². The van der Waals surface area contributed by atoms with Gasteiger partial charge in [-0.2, -0.15) is 0 Å². The minimum absolute atomic E-state index is 0.636. The van der Waals surface area contributed by atoms with E-state index in [2.05, 4.69) is 114 Å². The maximum absolute atomic E-state index is 5.04. The molecule has 7 aromatic carbocycles. The zero-order valence-corrected chi connectivity index (χ0v) is 27.7. The first-order chi connectivity index (χ1) is 24.8. The summed E-state index contributed by atoms with van der Waals surface area (Å²) in [6, 6.07) is 59.7. The number of nitrogens with zero attached hydrogens (tertiary/aromatic N) is 4. The molecule has 0 fully saturated rings. The number of rotatable bonds is 5. The Kier molecular flexibility index (Phi) is 6.64. The molecule has 0 N–H and O–H groups in total. The molecule has 50 heavy (non-hydrogen) atoms. The summed E-state index contributed by atoms with van der Waals surface area (Å²) in [4.78, 5) is 15.0. The van der Waals surface area contributed by atoms with Crippen molar-refractivity contribution in [1.29, 1.82) is 0 Å². The van der Waals surface area contributed by atoms with Crippen LogP contribution in [0.5, 0.6) is 0 Å². The summed E-state index contributed by atoms with van der Waals surface area (Å²) in [6.07, 6.45) is 0. The minimum atomic E-state index is 0.636.